The lowest BCUT2D eigenvalue weighted by Gasteiger charge is -2.33. The standard InChI is InChI=1S/C16H20ClNO3/c1-10(2)6-7-18-13-8-12(14(19)9-17)4-5-15(13)21-11(3)16(18)20/h4-5,8,10-11H,6-7,9H2,1-3H3. The smallest absolute Gasteiger partial charge is 0.267 e. The van der Waals surface area contributed by atoms with E-state index in [4.69, 9.17) is 16.3 Å². The Kier molecular flexibility index (Phi) is 4.88. The summed E-state index contributed by atoms with van der Waals surface area (Å²) in [5.41, 5.74) is 1.17. The molecule has 1 aromatic rings. The van der Waals surface area contributed by atoms with Crippen LogP contribution in [0, 0.1) is 5.92 Å². The van der Waals surface area contributed by atoms with Crippen molar-refractivity contribution in [3.05, 3.63) is 23.8 Å². The molecule has 21 heavy (non-hydrogen) atoms. The number of hydrogen-bond acceptors (Lipinski definition) is 3. The fraction of sp³-hybridized carbons (Fsp3) is 0.500. The summed E-state index contributed by atoms with van der Waals surface area (Å²) in [6.07, 6.45) is 0.394. The van der Waals surface area contributed by atoms with E-state index in [0.29, 0.717) is 29.5 Å². The van der Waals surface area contributed by atoms with E-state index in [-0.39, 0.29) is 17.6 Å². The van der Waals surface area contributed by atoms with E-state index in [2.05, 4.69) is 13.8 Å². The number of rotatable bonds is 5. The van der Waals surface area contributed by atoms with Gasteiger partial charge >= 0.3 is 0 Å². The predicted molar refractivity (Wildman–Crippen MR) is 83.4 cm³/mol. The number of alkyl halides is 1. The number of amides is 1. The molecule has 4 nitrogen and oxygen atoms in total. The van der Waals surface area contributed by atoms with Crippen LogP contribution in [0.3, 0.4) is 0 Å². The van der Waals surface area contributed by atoms with Crippen molar-refractivity contribution in [3.8, 4) is 5.75 Å². The SMILES string of the molecule is CC(C)CCN1C(=O)C(C)Oc2ccc(C(=O)CCl)cc21. The molecule has 0 spiro atoms. The highest BCUT2D eigenvalue weighted by Gasteiger charge is 2.31. The Labute approximate surface area is 130 Å². The van der Waals surface area contributed by atoms with Crippen LogP contribution in [0.4, 0.5) is 5.69 Å². The molecule has 1 aliphatic heterocycles. The van der Waals surface area contributed by atoms with E-state index < -0.39 is 6.10 Å². The summed E-state index contributed by atoms with van der Waals surface area (Å²) < 4.78 is 5.61. The van der Waals surface area contributed by atoms with Crippen molar-refractivity contribution in [2.24, 2.45) is 5.92 Å². The predicted octanol–water partition coefficient (Wildman–Crippen LogP) is 3.27. The van der Waals surface area contributed by atoms with Crippen molar-refractivity contribution in [2.45, 2.75) is 33.3 Å². The minimum Gasteiger partial charge on any atom is -0.479 e. The number of anilines is 1. The van der Waals surface area contributed by atoms with Crippen LogP contribution >= 0.6 is 11.6 Å². The highest BCUT2D eigenvalue weighted by Crippen LogP contribution is 2.35. The van der Waals surface area contributed by atoms with Gasteiger partial charge in [0, 0.05) is 12.1 Å². The quantitative estimate of drug-likeness (QED) is 0.619. The van der Waals surface area contributed by atoms with Gasteiger partial charge in [-0.25, -0.2) is 0 Å². The van der Waals surface area contributed by atoms with Gasteiger partial charge < -0.3 is 9.64 Å². The Morgan fingerprint density at radius 1 is 1.43 bits per heavy atom. The van der Waals surface area contributed by atoms with Crippen molar-refractivity contribution >= 4 is 29.0 Å². The van der Waals surface area contributed by atoms with Gasteiger partial charge in [-0.1, -0.05) is 13.8 Å². The minimum absolute atomic E-state index is 0.0707. The van der Waals surface area contributed by atoms with Gasteiger partial charge in [-0.15, -0.1) is 11.6 Å². The molecule has 0 aromatic heterocycles. The van der Waals surface area contributed by atoms with E-state index in [9.17, 15) is 9.59 Å². The van der Waals surface area contributed by atoms with Crippen LogP contribution < -0.4 is 9.64 Å². The van der Waals surface area contributed by atoms with Crippen molar-refractivity contribution < 1.29 is 14.3 Å². The Hall–Kier alpha value is -1.55. The maximum Gasteiger partial charge on any atom is 0.267 e. The number of halogens is 1. The molecular formula is C16H20ClNO3. The lowest BCUT2D eigenvalue weighted by Crippen LogP contribution is -2.45. The Balaban J connectivity index is 2.37. The zero-order valence-electron chi connectivity index (χ0n) is 12.6. The van der Waals surface area contributed by atoms with Crippen molar-refractivity contribution in [3.63, 3.8) is 0 Å². The van der Waals surface area contributed by atoms with Gasteiger partial charge in [0.25, 0.3) is 5.91 Å². The molecule has 0 radical (unpaired) electrons. The molecule has 5 heteroatoms. The lowest BCUT2D eigenvalue weighted by atomic mass is 10.1. The number of ether oxygens (including phenoxy) is 1. The Bertz CT molecular complexity index is 556. The number of carbonyl (C=O) groups is 2. The fourth-order valence-electron chi connectivity index (χ4n) is 2.28. The molecule has 0 saturated carbocycles. The summed E-state index contributed by atoms with van der Waals surface area (Å²) in [5.74, 6) is 0.827. The first-order chi connectivity index (χ1) is 9.93. The van der Waals surface area contributed by atoms with Crippen molar-refractivity contribution in [1.82, 2.24) is 0 Å². The topological polar surface area (TPSA) is 46.6 Å². The van der Waals surface area contributed by atoms with E-state index in [1.165, 1.54) is 0 Å². The normalized spacial score (nSPS) is 17.7. The maximum absolute atomic E-state index is 12.3. The summed E-state index contributed by atoms with van der Waals surface area (Å²) in [6.45, 7) is 6.59. The third-order valence-corrected chi connectivity index (χ3v) is 3.78. The summed E-state index contributed by atoms with van der Waals surface area (Å²) in [7, 11) is 0. The van der Waals surface area contributed by atoms with Gasteiger partial charge in [0.2, 0.25) is 0 Å². The first kappa shape index (κ1) is 15.8. The van der Waals surface area contributed by atoms with Gasteiger partial charge in [0.15, 0.2) is 11.9 Å². The number of benzene rings is 1. The Morgan fingerprint density at radius 2 is 2.14 bits per heavy atom. The number of carbonyl (C=O) groups excluding carboxylic acids is 2. The molecule has 0 bridgehead atoms. The average molecular weight is 310 g/mol. The van der Waals surface area contributed by atoms with E-state index in [1.54, 1.807) is 30.0 Å². The van der Waals surface area contributed by atoms with E-state index >= 15 is 0 Å². The first-order valence-corrected chi connectivity index (χ1v) is 7.68. The Morgan fingerprint density at radius 3 is 2.76 bits per heavy atom. The van der Waals surface area contributed by atoms with Crippen LogP contribution in [0.1, 0.15) is 37.6 Å². The molecule has 1 unspecified atom stereocenters. The van der Waals surface area contributed by atoms with Gasteiger partial charge in [0.1, 0.15) is 5.75 Å². The lowest BCUT2D eigenvalue weighted by molar-refractivity contribution is -0.125. The molecule has 1 atom stereocenters. The highest BCUT2D eigenvalue weighted by atomic mass is 35.5. The van der Waals surface area contributed by atoms with Crippen molar-refractivity contribution in [1.29, 1.82) is 0 Å². The molecule has 1 amide bonds. The maximum atomic E-state index is 12.3. The van der Waals surface area contributed by atoms with Crippen LogP contribution in [-0.4, -0.2) is 30.2 Å². The number of nitrogens with zero attached hydrogens (tertiary/aromatic N) is 1. The zero-order valence-corrected chi connectivity index (χ0v) is 13.3. The summed E-state index contributed by atoms with van der Waals surface area (Å²) >= 11 is 5.60. The van der Waals surface area contributed by atoms with Crippen LogP contribution in [0.5, 0.6) is 5.75 Å². The molecule has 0 fully saturated rings. The van der Waals surface area contributed by atoms with Crippen LogP contribution in [0.25, 0.3) is 0 Å². The third-order valence-electron chi connectivity index (χ3n) is 3.54. The van der Waals surface area contributed by atoms with Gasteiger partial charge in [-0.05, 0) is 37.5 Å². The molecule has 114 valence electrons. The molecule has 2 rings (SSSR count). The zero-order chi connectivity index (χ0) is 15.6. The highest BCUT2D eigenvalue weighted by molar-refractivity contribution is 6.30. The van der Waals surface area contributed by atoms with Gasteiger partial charge in [-0.2, -0.15) is 0 Å². The molecule has 0 N–H and O–H groups in total. The first-order valence-electron chi connectivity index (χ1n) is 7.15. The average Bonchev–Trinajstić information content (AvgIpc) is 2.46. The van der Waals surface area contributed by atoms with E-state index in [1.807, 2.05) is 0 Å². The minimum atomic E-state index is -0.501. The summed E-state index contributed by atoms with van der Waals surface area (Å²) in [4.78, 5) is 25.8. The third kappa shape index (κ3) is 3.38. The molecule has 1 heterocycles. The molecule has 0 aliphatic carbocycles. The second-order valence-electron chi connectivity index (χ2n) is 5.67. The molecule has 0 saturated heterocycles. The molecular weight excluding hydrogens is 290 g/mol. The number of Topliss-reactive ketones (excluding diaryl/α,β-unsaturated/α-hetero) is 1. The molecule has 1 aliphatic rings. The second-order valence-corrected chi connectivity index (χ2v) is 5.94. The fourth-order valence-corrected chi connectivity index (χ4v) is 2.43. The monoisotopic (exact) mass is 309 g/mol. The van der Waals surface area contributed by atoms with Crippen LogP contribution in [0.2, 0.25) is 0 Å². The van der Waals surface area contributed by atoms with Crippen LogP contribution in [-0.2, 0) is 4.79 Å². The summed E-state index contributed by atoms with van der Waals surface area (Å²) in [5, 5.41) is 0. The number of fused-ring (bicyclic) bond motifs is 1. The number of hydrogen-bond donors (Lipinski definition) is 0. The second kappa shape index (κ2) is 6.48. The van der Waals surface area contributed by atoms with Gasteiger partial charge in [0.05, 0.1) is 11.6 Å². The van der Waals surface area contributed by atoms with Gasteiger partial charge in [-0.3, -0.25) is 9.59 Å². The largest absolute Gasteiger partial charge is 0.479 e. The van der Waals surface area contributed by atoms with Crippen molar-refractivity contribution in [2.75, 3.05) is 17.3 Å². The van der Waals surface area contributed by atoms with Crippen LogP contribution in [0.15, 0.2) is 18.2 Å². The number of ketones is 1. The summed E-state index contributed by atoms with van der Waals surface area (Å²) in [6, 6.07) is 5.12. The van der Waals surface area contributed by atoms with E-state index in [0.717, 1.165) is 6.42 Å². The molecule has 1 aromatic carbocycles.